The second kappa shape index (κ2) is 7.53. The van der Waals surface area contributed by atoms with Crippen molar-refractivity contribution in [1.82, 2.24) is 19.8 Å². The van der Waals surface area contributed by atoms with Gasteiger partial charge < -0.3 is 0 Å². The topological polar surface area (TPSA) is 99.6 Å². The monoisotopic (exact) mass is 473 g/mol. The fourth-order valence-electron chi connectivity index (χ4n) is 2.95. The number of fused-ring (bicyclic) bond motifs is 1. The third kappa shape index (κ3) is 3.54. The van der Waals surface area contributed by atoms with E-state index in [-0.39, 0.29) is 22.5 Å². The summed E-state index contributed by atoms with van der Waals surface area (Å²) < 4.78 is 40.6. The van der Waals surface area contributed by atoms with Crippen LogP contribution in [0.4, 0.5) is 13.2 Å². The lowest BCUT2D eigenvalue weighted by Gasteiger charge is -2.20. The van der Waals surface area contributed by atoms with Gasteiger partial charge in [-0.25, -0.2) is 0 Å². The Morgan fingerprint density at radius 2 is 1.84 bits per heavy atom. The van der Waals surface area contributed by atoms with E-state index in [1.165, 1.54) is 17.4 Å². The van der Waals surface area contributed by atoms with Crippen LogP contribution >= 0.6 is 23.1 Å². The first-order valence-corrected chi connectivity index (χ1v) is 10.6. The van der Waals surface area contributed by atoms with E-state index in [1.54, 1.807) is 22.9 Å². The predicted octanol–water partition coefficient (Wildman–Crippen LogP) is 4.18. The van der Waals surface area contributed by atoms with Gasteiger partial charge in [-0.2, -0.15) is 28.3 Å². The first kappa shape index (κ1) is 20.3. The summed E-state index contributed by atoms with van der Waals surface area (Å²) >= 11 is 1.53. The highest BCUT2D eigenvalue weighted by Gasteiger charge is 2.46. The summed E-state index contributed by atoms with van der Waals surface area (Å²) in [7, 11) is 0. The number of alkyl halides is 3. The number of hydrogen-bond donors (Lipinski definition) is 1. The van der Waals surface area contributed by atoms with E-state index in [9.17, 15) is 18.0 Å². The van der Waals surface area contributed by atoms with Gasteiger partial charge in [-0.05, 0) is 30.0 Å². The Kier molecular flexibility index (Phi) is 4.78. The predicted molar refractivity (Wildman–Crippen MR) is 116 cm³/mol. The molecule has 2 aliphatic rings. The molecule has 0 spiro atoms. The van der Waals surface area contributed by atoms with Crippen molar-refractivity contribution >= 4 is 51.1 Å². The lowest BCUT2D eigenvalue weighted by molar-refractivity contribution is -0.114. The molecule has 0 saturated heterocycles. The second-order valence-electron chi connectivity index (χ2n) is 6.48. The Morgan fingerprint density at radius 1 is 1.06 bits per heavy atom. The normalized spacial score (nSPS) is 17.6. The molecule has 1 aromatic carbocycles. The van der Waals surface area contributed by atoms with Crippen LogP contribution < -0.4 is 0 Å². The molecule has 13 heteroatoms. The van der Waals surface area contributed by atoms with Crippen molar-refractivity contribution in [3.8, 4) is 15.7 Å². The minimum atomic E-state index is -4.69. The molecule has 0 atom stereocenters. The van der Waals surface area contributed by atoms with Gasteiger partial charge >= 0.3 is 6.18 Å². The molecule has 2 aromatic heterocycles. The van der Waals surface area contributed by atoms with E-state index >= 15 is 0 Å². The maximum Gasteiger partial charge on any atom is 0.441 e. The summed E-state index contributed by atoms with van der Waals surface area (Å²) in [4.78, 5) is 16.1. The van der Waals surface area contributed by atoms with Crippen LogP contribution in [0.15, 0.2) is 64.3 Å². The average molecular weight is 473 g/mol. The number of carbonyl (C=O) groups excluding carboxylic acids is 1. The van der Waals surface area contributed by atoms with E-state index in [0.717, 1.165) is 5.56 Å². The van der Waals surface area contributed by atoms with Crippen LogP contribution in [-0.2, 0) is 4.79 Å². The third-order valence-corrected chi connectivity index (χ3v) is 6.34. The molecule has 0 bridgehead atoms. The summed E-state index contributed by atoms with van der Waals surface area (Å²) in [6.45, 7) is 0. The van der Waals surface area contributed by atoms with E-state index < -0.39 is 23.0 Å². The number of benzene rings is 1. The van der Waals surface area contributed by atoms with Gasteiger partial charge in [0.1, 0.15) is 5.01 Å². The number of hydrogen-bond acceptors (Lipinski definition) is 7. The molecule has 0 fully saturated rings. The minimum Gasteiger partial charge on any atom is -0.292 e. The zero-order chi connectivity index (χ0) is 22.5. The van der Waals surface area contributed by atoms with Crippen LogP contribution in [0.3, 0.4) is 0 Å². The largest absolute Gasteiger partial charge is 0.441 e. The Labute approximate surface area is 186 Å². The van der Waals surface area contributed by atoms with Crippen LogP contribution in [0.5, 0.6) is 0 Å². The third-order valence-electron chi connectivity index (χ3n) is 4.41. The molecule has 0 unspecified atom stereocenters. The maximum absolute atomic E-state index is 13.0. The zero-order valence-corrected chi connectivity index (χ0v) is 17.4. The maximum atomic E-state index is 13.0. The molecule has 3 aromatic rings. The smallest absolute Gasteiger partial charge is 0.292 e. The highest BCUT2D eigenvalue weighted by atomic mass is 32.2. The molecular weight excluding hydrogens is 463 g/mol. The molecule has 0 saturated carbocycles. The number of thioether (sulfide) groups is 1. The number of nitrogens with zero attached hydrogens (tertiary/aromatic N) is 6. The average Bonchev–Trinajstić information content (AvgIpc) is 3.50. The number of aromatic nitrogens is 3. The number of rotatable bonds is 3. The number of amides is 1. The first-order valence-electron chi connectivity index (χ1n) is 8.95. The molecular formula is C19H10F3N7OS2. The van der Waals surface area contributed by atoms with E-state index in [1.807, 2.05) is 30.3 Å². The molecule has 32 heavy (non-hydrogen) atoms. The Balaban J connectivity index is 1.48. The van der Waals surface area contributed by atoms with Gasteiger partial charge in [-0.15, -0.1) is 10.2 Å². The van der Waals surface area contributed by atoms with Crippen LogP contribution in [0.25, 0.3) is 21.8 Å². The van der Waals surface area contributed by atoms with Crippen molar-refractivity contribution in [3.05, 3.63) is 59.9 Å². The molecule has 5 rings (SSSR count). The summed E-state index contributed by atoms with van der Waals surface area (Å²) in [5.41, 5.74) is 1.20. The Morgan fingerprint density at radius 3 is 2.59 bits per heavy atom. The first-order chi connectivity index (χ1) is 15.3. The minimum absolute atomic E-state index is 0.186. The zero-order valence-electron chi connectivity index (χ0n) is 15.7. The number of nitrogens with one attached hydrogen (secondary N) is 1. The molecule has 160 valence electrons. The molecule has 4 heterocycles. The van der Waals surface area contributed by atoms with Gasteiger partial charge in [-0.3, -0.25) is 14.8 Å². The Bertz CT molecular complexity index is 1340. The van der Waals surface area contributed by atoms with Gasteiger partial charge in [0.05, 0.1) is 5.57 Å². The van der Waals surface area contributed by atoms with E-state index in [4.69, 9.17) is 5.41 Å². The van der Waals surface area contributed by atoms with Gasteiger partial charge in [0.2, 0.25) is 15.3 Å². The van der Waals surface area contributed by atoms with Crippen molar-refractivity contribution in [1.29, 1.82) is 5.41 Å². The standard InChI is InChI=1S/C19H10F3N7OS2/c20-19(21,22)16-27-29-13(23)12(14(30)24-17(29)32-16)9-11-7-4-8-28(11)18-26-25-15(31-18)10-5-2-1-3-6-10/h1-9,23H/b12-9+,23-13?. The van der Waals surface area contributed by atoms with Gasteiger partial charge in [0.15, 0.2) is 5.84 Å². The molecule has 1 N–H and O–H groups in total. The van der Waals surface area contributed by atoms with Crippen molar-refractivity contribution in [2.24, 2.45) is 10.1 Å². The summed E-state index contributed by atoms with van der Waals surface area (Å²) in [6.07, 6.45) is -1.61. The number of halogens is 3. The van der Waals surface area contributed by atoms with Gasteiger partial charge in [0, 0.05) is 17.5 Å². The quantitative estimate of drug-likeness (QED) is 0.576. The summed E-state index contributed by atoms with van der Waals surface area (Å²) in [5, 5.41) is 20.5. The van der Waals surface area contributed by atoms with Crippen LogP contribution in [0.2, 0.25) is 0 Å². The molecule has 0 aliphatic carbocycles. The fraction of sp³-hybridized carbons (Fsp3) is 0.0526. The van der Waals surface area contributed by atoms with E-state index in [0.29, 0.717) is 20.8 Å². The Hall–Kier alpha value is -3.58. The lowest BCUT2D eigenvalue weighted by Crippen LogP contribution is -2.35. The second-order valence-corrected chi connectivity index (χ2v) is 8.39. The summed E-state index contributed by atoms with van der Waals surface area (Å²) in [5.74, 6) is -1.30. The van der Waals surface area contributed by atoms with Crippen LogP contribution in [0.1, 0.15) is 5.69 Å². The van der Waals surface area contributed by atoms with Crippen LogP contribution in [0, 0.1) is 5.41 Å². The highest BCUT2D eigenvalue weighted by Crippen LogP contribution is 2.35. The molecule has 2 aliphatic heterocycles. The van der Waals surface area contributed by atoms with Gasteiger partial charge in [0.25, 0.3) is 5.91 Å². The van der Waals surface area contributed by atoms with Crippen molar-refractivity contribution < 1.29 is 18.0 Å². The molecule has 1 amide bonds. The number of hydrazone groups is 1. The number of carbonyl (C=O) groups is 1. The lowest BCUT2D eigenvalue weighted by atomic mass is 10.1. The van der Waals surface area contributed by atoms with Crippen molar-refractivity contribution in [2.75, 3.05) is 0 Å². The van der Waals surface area contributed by atoms with E-state index in [2.05, 4.69) is 20.3 Å². The summed E-state index contributed by atoms with van der Waals surface area (Å²) in [6, 6.07) is 12.9. The van der Waals surface area contributed by atoms with Crippen molar-refractivity contribution in [3.63, 3.8) is 0 Å². The van der Waals surface area contributed by atoms with Crippen molar-refractivity contribution in [2.45, 2.75) is 6.18 Å². The number of aliphatic imine (C=N–C) groups is 1. The molecule has 0 radical (unpaired) electrons. The van der Waals surface area contributed by atoms with Gasteiger partial charge in [-0.1, -0.05) is 41.7 Å². The molecule has 8 nitrogen and oxygen atoms in total. The SMILES string of the molecule is N=C1/C(=C\c2cccn2-c2nnc(-c3ccccc3)s2)C(=O)N=C2SC(C(F)(F)F)=NN12. The van der Waals surface area contributed by atoms with Crippen LogP contribution in [-0.4, -0.2) is 47.9 Å². The number of amidine groups is 2. The fourth-order valence-corrected chi connectivity index (χ4v) is 4.56. The highest BCUT2D eigenvalue weighted by molar-refractivity contribution is 8.27.